The molecule has 23 heavy (non-hydrogen) atoms. The average Bonchev–Trinajstić information content (AvgIpc) is 2.58. The van der Waals surface area contributed by atoms with Gasteiger partial charge in [-0.1, -0.05) is 0 Å². The average molecular weight is 309 g/mol. The molecule has 8 nitrogen and oxygen atoms in total. The summed E-state index contributed by atoms with van der Waals surface area (Å²) >= 11 is 0. The first-order valence-electron chi connectivity index (χ1n) is 7.02. The molecule has 0 aromatic carbocycles. The Morgan fingerprint density at radius 3 is 2.70 bits per heavy atom. The number of nitriles is 3. The van der Waals surface area contributed by atoms with Gasteiger partial charge in [0.05, 0.1) is 23.7 Å². The van der Waals surface area contributed by atoms with Crippen LogP contribution in [0, 0.1) is 34.0 Å². The molecule has 0 saturated heterocycles. The van der Waals surface area contributed by atoms with Gasteiger partial charge in [-0.2, -0.15) is 15.8 Å². The zero-order valence-electron chi connectivity index (χ0n) is 12.7. The van der Waals surface area contributed by atoms with Crippen molar-refractivity contribution in [3.8, 4) is 18.2 Å². The summed E-state index contributed by atoms with van der Waals surface area (Å²) < 4.78 is 5.09. The van der Waals surface area contributed by atoms with Crippen LogP contribution < -0.4 is 5.73 Å². The van der Waals surface area contributed by atoms with Crippen molar-refractivity contribution in [2.24, 2.45) is 15.7 Å². The highest BCUT2D eigenvalue weighted by atomic mass is 16.5. The van der Waals surface area contributed by atoms with Crippen LogP contribution in [0.2, 0.25) is 0 Å². The summed E-state index contributed by atoms with van der Waals surface area (Å²) in [6.45, 7) is 0.825. The highest BCUT2D eigenvalue weighted by molar-refractivity contribution is 6.11. The summed E-state index contributed by atoms with van der Waals surface area (Å²) in [6, 6.07) is 5.51. The molecule has 0 radical (unpaired) electrons. The minimum Gasteiger partial charge on any atom is -0.383 e. The van der Waals surface area contributed by atoms with Gasteiger partial charge in [-0.3, -0.25) is 0 Å². The van der Waals surface area contributed by atoms with E-state index in [2.05, 4.69) is 9.98 Å². The van der Waals surface area contributed by atoms with Gasteiger partial charge in [0.25, 0.3) is 0 Å². The molecule has 2 rings (SSSR count). The van der Waals surface area contributed by atoms with Crippen molar-refractivity contribution in [3.63, 3.8) is 0 Å². The van der Waals surface area contributed by atoms with E-state index in [0.29, 0.717) is 43.1 Å². The maximum absolute atomic E-state index is 9.20. The fourth-order valence-corrected chi connectivity index (χ4v) is 2.50. The Hall–Kier alpha value is -3.15. The number of allylic oxidation sites excluding steroid dienone is 3. The number of hydrogen-bond donors (Lipinski definition) is 1. The SMILES string of the molecule is COCCN1C(N)=C(C#N)N=C2CCCC(N=C(C#N)C#N)=C21. The largest absolute Gasteiger partial charge is 0.383 e. The van der Waals surface area contributed by atoms with Crippen LogP contribution in [0.4, 0.5) is 0 Å². The molecule has 1 aliphatic carbocycles. The lowest BCUT2D eigenvalue weighted by atomic mass is 9.96. The topological polar surface area (TPSA) is 135 Å². The Bertz CT molecular complexity index is 736. The van der Waals surface area contributed by atoms with E-state index < -0.39 is 0 Å². The predicted molar refractivity (Wildman–Crippen MR) is 82.4 cm³/mol. The fourth-order valence-electron chi connectivity index (χ4n) is 2.50. The summed E-state index contributed by atoms with van der Waals surface area (Å²) in [4.78, 5) is 10.2. The van der Waals surface area contributed by atoms with Gasteiger partial charge in [-0.05, 0) is 19.3 Å². The summed E-state index contributed by atoms with van der Waals surface area (Å²) in [6.07, 6.45) is 2.08. The zero-order chi connectivity index (χ0) is 16.8. The highest BCUT2D eigenvalue weighted by Gasteiger charge is 2.30. The van der Waals surface area contributed by atoms with Crippen LogP contribution in [-0.4, -0.2) is 36.6 Å². The van der Waals surface area contributed by atoms with E-state index in [-0.39, 0.29) is 17.2 Å². The Labute approximate surface area is 134 Å². The fraction of sp³-hybridized carbons (Fsp3) is 0.400. The quantitative estimate of drug-likeness (QED) is 0.767. The van der Waals surface area contributed by atoms with E-state index in [0.717, 1.165) is 6.42 Å². The van der Waals surface area contributed by atoms with E-state index in [9.17, 15) is 5.26 Å². The van der Waals surface area contributed by atoms with Crippen LogP contribution in [-0.2, 0) is 4.74 Å². The molecule has 0 fully saturated rings. The van der Waals surface area contributed by atoms with Crippen LogP contribution in [0.15, 0.2) is 32.9 Å². The Morgan fingerprint density at radius 1 is 1.35 bits per heavy atom. The van der Waals surface area contributed by atoms with Gasteiger partial charge >= 0.3 is 0 Å². The van der Waals surface area contributed by atoms with E-state index in [1.165, 1.54) is 0 Å². The summed E-state index contributed by atoms with van der Waals surface area (Å²) in [5, 5.41) is 27.1. The minimum absolute atomic E-state index is 0.158. The third-order valence-corrected chi connectivity index (χ3v) is 3.51. The highest BCUT2D eigenvalue weighted by Crippen LogP contribution is 2.32. The van der Waals surface area contributed by atoms with Crippen LogP contribution >= 0.6 is 0 Å². The maximum Gasteiger partial charge on any atom is 0.218 e. The Balaban J connectivity index is 2.59. The van der Waals surface area contributed by atoms with E-state index in [1.807, 2.05) is 6.07 Å². The predicted octanol–water partition coefficient (Wildman–Crippen LogP) is 0.924. The van der Waals surface area contributed by atoms with Crippen molar-refractivity contribution in [3.05, 3.63) is 22.9 Å². The van der Waals surface area contributed by atoms with Crippen molar-refractivity contribution in [2.45, 2.75) is 19.3 Å². The number of fused-ring (bicyclic) bond motifs is 1. The number of methoxy groups -OCH3 is 1. The molecular weight excluding hydrogens is 294 g/mol. The second kappa shape index (κ2) is 7.22. The summed E-state index contributed by atoms with van der Waals surface area (Å²) in [5.41, 5.74) is 7.95. The van der Waals surface area contributed by atoms with Gasteiger partial charge in [0.1, 0.15) is 24.0 Å². The number of nitrogens with two attached hydrogens (primary N) is 1. The van der Waals surface area contributed by atoms with Crippen molar-refractivity contribution >= 4 is 11.4 Å². The number of rotatable bonds is 4. The van der Waals surface area contributed by atoms with Gasteiger partial charge in [-0.25, -0.2) is 9.98 Å². The molecule has 8 heteroatoms. The Morgan fingerprint density at radius 2 is 2.09 bits per heavy atom. The number of hydrogen-bond acceptors (Lipinski definition) is 8. The molecule has 0 amide bonds. The molecule has 0 aromatic rings. The van der Waals surface area contributed by atoms with Gasteiger partial charge < -0.3 is 15.4 Å². The third kappa shape index (κ3) is 3.21. The maximum atomic E-state index is 9.20. The smallest absolute Gasteiger partial charge is 0.218 e. The van der Waals surface area contributed by atoms with E-state index >= 15 is 0 Å². The first kappa shape index (κ1) is 16.2. The molecule has 0 spiro atoms. The molecule has 1 aliphatic heterocycles. The second-order valence-corrected chi connectivity index (χ2v) is 4.88. The Kier molecular flexibility index (Phi) is 5.09. The lowest BCUT2D eigenvalue weighted by Gasteiger charge is -2.34. The van der Waals surface area contributed by atoms with Crippen LogP contribution in [0.1, 0.15) is 19.3 Å². The zero-order valence-corrected chi connectivity index (χ0v) is 12.7. The molecular formula is C15H15N7O. The number of aliphatic imine (C=N–C) groups is 2. The first-order valence-corrected chi connectivity index (χ1v) is 7.02. The lowest BCUT2D eigenvalue weighted by molar-refractivity contribution is 0.175. The molecule has 116 valence electrons. The normalized spacial score (nSPS) is 16.8. The number of ether oxygens (including phenoxy) is 1. The molecule has 0 bridgehead atoms. The standard InChI is InChI=1S/C15H15N7O/c1-23-6-5-22-14-11(20-10(7-16)8-17)3-2-4-12(14)21-13(9-18)15(22)19/h2-6,19H2,1H3. The molecule has 1 heterocycles. The van der Waals surface area contributed by atoms with Crippen molar-refractivity contribution in [2.75, 3.05) is 20.3 Å². The van der Waals surface area contributed by atoms with Gasteiger partial charge in [0, 0.05) is 13.7 Å². The summed E-state index contributed by atoms with van der Waals surface area (Å²) in [5.74, 6) is 0.230. The minimum atomic E-state index is -0.214. The van der Waals surface area contributed by atoms with Gasteiger partial charge in [-0.15, -0.1) is 0 Å². The van der Waals surface area contributed by atoms with Crippen molar-refractivity contribution < 1.29 is 4.74 Å². The second-order valence-electron chi connectivity index (χ2n) is 4.88. The van der Waals surface area contributed by atoms with Crippen molar-refractivity contribution in [1.82, 2.24) is 4.90 Å². The molecule has 0 aromatic heterocycles. The van der Waals surface area contributed by atoms with Crippen LogP contribution in [0.5, 0.6) is 0 Å². The van der Waals surface area contributed by atoms with Crippen LogP contribution in [0.3, 0.4) is 0 Å². The third-order valence-electron chi connectivity index (χ3n) is 3.51. The van der Waals surface area contributed by atoms with Crippen LogP contribution in [0.25, 0.3) is 0 Å². The molecule has 0 unspecified atom stereocenters. The van der Waals surface area contributed by atoms with E-state index in [4.69, 9.17) is 21.0 Å². The molecule has 0 atom stereocenters. The molecule has 2 N–H and O–H groups in total. The lowest BCUT2D eigenvalue weighted by Crippen LogP contribution is -2.39. The van der Waals surface area contributed by atoms with E-state index in [1.54, 1.807) is 24.1 Å². The molecule has 0 saturated carbocycles. The summed E-state index contributed by atoms with van der Waals surface area (Å²) in [7, 11) is 1.57. The van der Waals surface area contributed by atoms with Gasteiger partial charge in [0.2, 0.25) is 5.71 Å². The number of nitrogens with zero attached hydrogens (tertiary/aromatic N) is 6. The monoisotopic (exact) mass is 309 g/mol. The van der Waals surface area contributed by atoms with Gasteiger partial charge in [0.15, 0.2) is 5.70 Å². The van der Waals surface area contributed by atoms with Crippen molar-refractivity contribution in [1.29, 1.82) is 15.8 Å². The first-order chi connectivity index (χ1) is 11.2. The molecule has 2 aliphatic rings.